The lowest BCUT2D eigenvalue weighted by Crippen LogP contribution is -2.31. The quantitative estimate of drug-likeness (QED) is 0.225. The van der Waals surface area contributed by atoms with Crippen molar-refractivity contribution in [1.29, 1.82) is 0 Å². The van der Waals surface area contributed by atoms with Crippen LogP contribution in [-0.2, 0) is 9.59 Å². The van der Waals surface area contributed by atoms with E-state index in [0.29, 0.717) is 44.7 Å². The molecule has 0 saturated heterocycles. The number of carbonyl (C=O) groups excluding carboxylic acids is 4. The van der Waals surface area contributed by atoms with Gasteiger partial charge in [0.15, 0.2) is 11.6 Å². The molecule has 2 N–H and O–H groups in total. The highest BCUT2D eigenvalue weighted by Crippen LogP contribution is 2.58. The summed E-state index contributed by atoms with van der Waals surface area (Å²) in [6, 6.07) is 11.3. The minimum atomic E-state index is -0.843. The molecule has 8 rings (SSSR count). The van der Waals surface area contributed by atoms with Gasteiger partial charge in [0.1, 0.15) is 23.1 Å². The summed E-state index contributed by atoms with van der Waals surface area (Å²) < 4.78 is 0. The second kappa shape index (κ2) is 11.0. The van der Waals surface area contributed by atoms with Gasteiger partial charge in [-0.25, -0.2) is 0 Å². The van der Waals surface area contributed by atoms with Crippen LogP contribution in [0.3, 0.4) is 0 Å². The number of Topliss-reactive ketones (excluding diaryl/α,β-unsaturated/α-hetero) is 3. The highest BCUT2D eigenvalue weighted by atomic mass is 16.3. The molecular weight excluding hydrogens is 600 g/mol. The van der Waals surface area contributed by atoms with E-state index in [9.17, 15) is 29.4 Å². The van der Waals surface area contributed by atoms with E-state index in [2.05, 4.69) is 18.2 Å². The fourth-order valence-electron chi connectivity index (χ4n) is 9.51. The van der Waals surface area contributed by atoms with Crippen LogP contribution in [0.5, 0.6) is 11.5 Å². The van der Waals surface area contributed by atoms with E-state index in [4.69, 9.17) is 0 Å². The van der Waals surface area contributed by atoms with E-state index in [0.717, 1.165) is 54.9 Å². The number of benzene rings is 4. The van der Waals surface area contributed by atoms with Gasteiger partial charge in [-0.1, -0.05) is 55.7 Å². The number of allylic oxidation sites excluding steroid dienone is 2. The molecule has 3 unspecified atom stereocenters. The first kappa shape index (κ1) is 30.7. The first-order valence-corrected chi connectivity index (χ1v) is 17.4. The van der Waals surface area contributed by atoms with Gasteiger partial charge in [0.2, 0.25) is 0 Å². The normalized spacial score (nSPS) is 22.6. The summed E-state index contributed by atoms with van der Waals surface area (Å²) in [7, 11) is 0. The summed E-state index contributed by atoms with van der Waals surface area (Å²) in [4.78, 5) is 55.9. The molecule has 6 nitrogen and oxygen atoms in total. The highest BCUT2D eigenvalue weighted by Gasteiger charge is 2.44. The van der Waals surface area contributed by atoms with E-state index < -0.39 is 17.6 Å². The van der Waals surface area contributed by atoms with Gasteiger partial charge in [0, 0.05) is 17.9 Å². The average molecular weight is 641 g/mol. The van der Waals surface area contributed by atoms with Crippen molar-refractivity contribution in [1.82, 2.24) is 0 Å². The molecule has 2 saturated carbocycles. The monoisotopic (exact) mass is 640 g/mol. The zero-order valence-corrected chi connectivity index (χ0v) is 27.9. The molecule has 3 atom stereocenters. The molecule has 4 aliphatic carbocycles. The number of phenols is 2. The van der Waals surface area contributed by atoms with Crippen molar-refractivity contribution >= 4 is 44.7 Å². The summed E-state index contributed by atoms with van der Waals surface area (Å²) in [5.74, 6) is -2.36. The molecule has 2 fully saturated rings. The van der Waals surface area contributed by atoms with Gasteiger partial charge in [0.25, 0.3) is 0 Å². The van der Waals surface area contributed by atoms with Gasteiger partial charge in [-0.2, -0.15) is 0 Å². The second-order valence-electron chi connectivity index (χ2n) is 14.8. The molecule has 0 amide bonds. The first-order chi connectivity index (χ1) is 23.0. The average Bonchev–Trinajstić information content (AvgIpc) is 2.95. The van der Waals surface area contributed by atoms with Crippen LogP contribution in [0, 0.1) is 5.92 Å². The minimum Gasteiger partial charge on any atom is -0.507 e. The maximum absolute atomic E-state index is 14.5. The summed E-state index contributed by atoms with van der Waals surface area (Å²) in [5.41, 5.74) is 5.72. The lowest BCUT2D eigenvalue weighted by Gasteiger charge is -2.40. The number of hydrogen-bond donors (Lipinski definition) is 2. The first-order valence-electron chi connectivity index (χ1n) is 17.4. The molecule has 4 aliphatic rings. The molecule has 0 radical (unpaired) electrons. The Balaban J connectivity index is 1.68. The molecule has 6 heteroatoms. The predicted molar refractivity (Wildman–Crippen MR) is 186 cm³/mol. The fourth-order valence-corrected chi connectivity index (χ4v) is 9.51. The van der Waals surface area contributed by atoms with Crippen LogP contribution in [0.2, 0.25) is 0 Å². The van der Waals surface area contributed by atoms with Gasteiger partial charge >= 0.3 is 0 Å². The van der Waals surface area contributed by atoms with Crippen LogP contribution in [0.1, 0.15) is 139 Å². The lowest BCUT2D eigenvalue weighted by molar-refractivity contribution is -0.119. The van der Waals surface area contributed by atoms with Crippen molar-refractivity contribution in [2.24, 2.45) is 5.92 Å². The predicted octanol–water partition coefficient (Wildman–Crippen LogP) is 9.32. The van der Waals surface area contributed by atoms with Crippen LogP contribution >= 0.6 is 0 Å². The zero-order valence-electron chi connectivity index (χ0n) is 27.9. The number of carbonyl (C=O) groups is 4. The van der Waals surface area contributed by atoms with E-state index in [1.165, 1.54) is 24.6 Å². The van der Waals surface area contributed by atoms with Crippen molar-refractivity contribution < 1.29 is 29.4 Å². The third-order valence-electron chi connectivity index (χ3n) is 11.9. The van der Waals surface area contributed by atoms with Crippen molar-refractivity contribution in [2.45, 2.75) is 96.3 Å². The van der Waals surface area contributed by atoms with Crippen molar-refractivity contribution in [3.63, 3.8) is 0 Å². The van der Waals surface area contributed by atoms with E-state index >= 15 is 0 Å². The van der Waals surface area contributed by atoms with Crippen molar-refractivity contribution in [2.75, 3.05) is 0 Å². The Morgan fingerprint density at radius 1 is 0.729 bits per heavy atom. The molecule has 4 aromatic carbocycles. The van der Waals surface area contributed by atoms with Crippen molar-refractivity contribution in [3.05, 3.63) is 81.4 Å². The Morgan fingerprint density at radius 2 is 1.35 bits per heavy atom. The van der Waals surface area contributed by atoms with Gasteiger partial charge in [0.05, 0.1) is 16.9 Å². The zero-order chi connectivity index (χ0) is 33.8. The molecule has 0 heterocycles. The Bertz CT molecular complexity index is 2180. The third kappa shape index (κ3) is 4.17. The van der Waals surface area contributed by atoms with Crippen LogP contribution in [0.25, 0.3) is 32.7 Å². The molecule has 0 aliphatic heterocycles. The smallest absolute Gasteiger partial charge is 0.189 e. The summed E-state index contributed by atoms with van der Waals surface area (Å²) in [6.45, 7) is 6.79. The number of aromatic hydroxyl groups is 2. The molecule has 244 valence electrons. The molecule has 0 aromatic heterocycles. The Morgan fingerprint density at radius 3 is 1.96 bits per heavy atom. The number of fused-ring (bicyclic) bond motifs is 4. The molecular formula is C42H40O6. The lowest BCUT2D eigenvalue weighted by atomic mass is 9.62. The van der Waals surface area contributed by atoms with Crippen LogP contribution in [0.4, 0.5) is 0 Å². The largest absolute Gasteiger partial charge is 0.507 e. The van der Waals surface area contributed by atoms with Gasteiger partial charge < -0.3 is 10.2 Å². The maximum Gasteiger partial charge on any atom is 0.189 e. The van der Waals surface area contributed by atoms with E-state index in [1.54, 1.807) is 26.0 Å². The molecule has 0 spiro atoms. The second-order valence-corrected chi connectivity index (χ2v) is 14.8. The number of phenolic OH excluding ortho intramolecular Hbond substituents is 2. The Hall–Kier alpha value is -4.58. The molecule has 48 heavy (non-hydrogen) atoms. The SMILES string of the molecule is CC(=O)C1C(C)=CC(=O)c2c1c(-c1c3c(c(C4CCC4)c4c(C5CCC5)cccc14)C(=O)CC(C)C3C(C)=O)c1cccc(O)c1c2O. The van der Waals surface area contributed by atoms with Crippen LogP contribution in [0.15, 0.2) is 48.0 Å². The van der Waals surface area contributed by atoms with Crippen LogP contribution < -0.4 is 0 Å². The van der Waals surface area contributed by atoms with E-state index in [1.807, 2.05) is 6.92 Å². The van der Waals surface area contributed by atoms with Crippen LogP contribution in [-0.4, -0.2) is 33.3 Å². The number of hydrogen-bond acceptors (Lipinski definition) is 6. The Labute approximate surface area is 279 Å². The Kier molecular flexibility index (Phi) is 7.03. The summed E-state index contributed by atoms with van der Waals surface area (Å²) in [5, 5.41) is 25.6. The topological polar surface area (TPSA) is 109 Å². The van der Waals surface area contributed by atoms with Gasteiger partial charge in [-0.15, -0.1) is 0 Å². The summed E-state index contributed by atoms with van der Waals surface area (Å²) >= 11 is 0. The van der Waals surface area contributed by atoms with Gasteiger partial charge in [-0.3, -0.25) is 19.2 Å². The summed E-state index contributed by atoms with van der Waals surface area (Å²) in [6.07, 6.45) is 7.96. The standard InChI is InChI=1S/C42H40O6/c1-19-17-29(46)38-33(24-11-6-12-24)34-25(23-9-5-10-23)13-7-14-26(34)36(40(38)31(19)21(3)43)37-27-15-8-16-28(45)35(27)42(48)39-30(47)18-20(2)32(22(4)44)41(37)39/h7-8,13-16,18-19,23-24,31-32,45,48H,5-6,9-12,17H2,1-4H3. The fraction of sp³-hybridized carbons (Fsp3) is 0.381. The molecule has 0 bridgehead atoms. The number of ketones is 4. The third-order valence-corrected chi connectivity index (χ3v) is 11.9. The van der Waals surface area contributed by atoms with E-state index in [-0.39, 0.29) is 58.1 Å². The van der Waals surface area contributed by atoms with Crippen molar-refractivity contribution in [3.8, 4) is 22.6 Å². The van der Waals surface area contributed by atoms with Gasteiger partial charge in [-0.05, 0) is 126 Å². The molecule has 4 aromatic rings. The maximum atomic E-state index is 14.5. The highest BCUT2D eigenvalue weighted by molar-refractivity contribution is 6.23. The minimum absolute atomic E-state index is 0.0144. The number of rotatable bonds is 5.